The summed E-state index contributed by atoms with van der Waals surface area (Å²) < 4.78 is 14.5. The minimum atomic E-state index is -0.295. The number of halogens is 1. The maximum absolute atomic E-state index is 12.9. The fraction of sp³-hybridized carbons (Fsp3) is 0.111. The molecule has 1 aromatic heterocycles. The Hall–Kier alpha value is -1.54. The third-order valence-electron chi connectivity index (χ3n) is 1.75. The first kappa shape index (κ1) is 9.03. The molecule has 0 spiro atoms. The molecule has 0 aliphatic carbocycles. The van der Waals surface area contributed by atoms with E-state index >= 15 is 0 Å². The molecule has 2 aromatic rings. The van der Waals surface area contributed by atoms with Gasteiger partial charge in [0.15, 0.2) is 0 Å². The van der Waals surface area contributed by atoms with Crippen LogP contribution in [-0.4, -0.2) is 14.9 Å². The maximum Gasteiger partial charge on any atom is 0.125 e. The fourth-order valence-corrected chi connectivity index (χ4v) is 1.75. The van der Waals surface area contributed by atoms with Gasteiger partial charge in [-0.1, -0.05) is 0 Å². The predicted molar refractivity (Wildman–Crippen MR) is 53.2 cm³/mol. The number of benzene rings is 1. The quantitative estimate of drug-likeness (QED) is 0.758. The van der Waals surface area contributed by atoms with Crippen LogP contribution in [0.15, 0.2) is 24.4 Å². The van der Waals surface area contributed by atoms with Crippen LogP contribution in [0.5, 0.6) is 0 Å². The number of aromatic nitrogens is 2. The summed E-state index contributed by atoms with van der Waals surface area (Å²) in [6.07, 6.45) is 1.65. The zero-order valence-corrected chi connectivity index (χ0v) is 7.96. The zero-order valence-electron chi connectivity index (χ0n) is 7.14. The van der Waals surface area contributed by atoms with Crippen LogP contribution in [0.1, 0.15) is 0 Å². The third kappa shape index (κ3) is 1.56. The second kappa shape index (κ2) is 3.68. The normalized spacial score (nSPS) is 10.3. The SMILES string of the molecule is N#CCSn1ncc2ccc(F)cc21. The summed E-state index contributed by atoms with van der Waals surface area (Å²) >= 11 is 1.24. The molecule has 0 unspecified atom stereocenters. The summed E-state index contributed by atoms with van der Waals surface area (Å²) in [4.78, 5) is 0. The maximum atomic E-state index is 12.9. The molecule has 14 heavy (non-hydrogen) atoms. The topological polar surface area (TPSA) is 41.6 Å². The highest BCUT2D eigenvalue weighted by Crippen LogP contribution is 2.19. The molecule has 1 heterocycles. The number of hydrogen-bond donors (Lipinski definition) is 0. The smallest absolute Gasteiger partial charge is 0.125 e. The summed E-state index contributed by atoms with van der Waals surface area (Å²) in [7, 11) is 0. The van der Waals surface area contributed by atoms with E-state index in [-0.39, 0.29) is 5.82 Å². The molecular weight excluding hydrogens is 201 g/mol. The summed E-state index contributed by atoms with van der Waals surface area (Å²) in [6, 6.07) is 6.46. The number of nitriles is 1. The van der Waals surface area contributed by atoms with Gasteiger partial charge in [0.2, 0.25) is 0 Å². The van der Waals surface area contributed by atoms with Crippen molar-refractivity contribution in [3.05, 3.63) is 30.2 Å². The average Bonchev–Trinajstić information content (AvgIpc) is 2.57. The zero-order chi connectivity index (χ0) is 9.97. The predicted octanol–water partition coefficient (Wildman–Crippen LogP) is 2.20. The van der Waals surface area contributed by atoms with Gasteiger partial charge >= 0.3 is 0 Å². The van der Waals surface area contributed by atoms with Crippen LogP contribution in [0.4, 0.5) is 4.39 Å². The van der Waals surface area contributed by atoms with Crippen molar-refractivity contribution in [2.45, 2.75) is 0 Å². The molecule has 0 radical (unpaired) electrons. The number of fused-ring (bicyclic) bond motifs is 1. The Bertz CT molecular complexity index is 500. The van der Waals surface area contributed by atoms with E-state index in [0.29, 0.717) is 11.3 Å². The molecule has 0 bridgehead atoms. The Kier molecular flexibility index (Phi) is 2.37. The van der Waals surface area contributed by atoms with E-state index in [1.165, 1.54) is 24.1 Å². The largest absolute Gasteiger partial charge is 0.207 e. The van der Waals surface area contributed by atoms with Gasteiger partial charge in [0.05, 0.1) is 17.8 Å². The van der Waals surface area contributed by atoms with Crippen LogP contribution in [0.25, 0.3) is 10.9 Å². The van der Waals surface area contributed by atoms with Gasteiger partial charge in [-0.15, -0.1) is 0 Å². The molecule has 5 heteroatoms. The summed E-state index contributed by atoms with van der Waals surface area (Å²) in [5.74, 6) is 0.00428. The lowest BCUT2D eigenvalue weighted by molar-refractivity contribution is 0.629. The average molecular weight is 207 g/mol. The standard InChI is InChI=1S/C9H6FN3S/c10-8-2-1-7-6-12-13(9(7)5-8)14-4-3-11/h1-2,5-6H,4H2. The Labute approximate surface area is 84.3 Å². The Balaban J connectivity index is 2.46. The molecule has 0 aliphatic rings. The second-order valence-corrected chi connectivity index (χ2v) is 3.54. The van der Waals surface area contributed by atoms with E-state index in [0.717, 1.165) is 5.39 Å². The molecule has 2 rings (SSSR count). The van der Waals surface area contributed by atoms with Gasteiger partial charge in [0, 0.05) is 11.5 Å². The van der Waals surface area contributed by atoms with Gasteiger partial charge in [0.1, 0.15) is 11.6 Å². The molecule has 70 valence electrons. The fourth-order valence-electron chi connectivity index (χ4n) is 1.16. The molecule has 0 fully saturated rings. The van der Waals surface area contributed by atoms with Crippen LogP contribution >= 0.6 is 11.9 Å². The molecular formula is C9H6FN3S. The minimum Gasteiger partial charge on any atom is -0.207 e. The molecule has 1 aromatic carbocycles. The van der Waals surface area contributed by atoms with Crippen molar-refractivity contribution < 1.29 is 4.39 Å². The Morgan fingerprint density at radius 1 is 1.57 bits per heavy atom. The van der Waals surface area contributed by atoms with E-state index in [1.54, 1.807) is 16.4 Å². The van der Waals surface area contributed by atoms with Gasteiger partial charge < -0.3 is 0 Å². The van der Waals surface area contributed by atoms with Crippen molar-refractivity contribution in [3.63, 3.8) is 0 Å². The lowest BCUT2D eigenvalue weighted by Gasteiger charge is -1.97. The van der Waals surface area contributed by atoms with Crippen LogP contribution in [0.3, 0.4) is 0 Å². The van der Waals surface area contributed by atoms with Gasteiger partial charge in [-0.3, -0.25) is 0 Å². The van der Waals surface area contributed by atoms with Gasteiger partial charge in [-0.05, 0) is 24.1 Å². The number of rotatable bonds is 2. The van der Waals surface area contributed by atoms with E-state index in [2.05, 4.69) is 5.10 Å². The Morgan fingerprint density at radius 3 is 3.21 bits per heavy atom. The highest BCUT2D eigenvalue weighted by atomic mass is 32.2. The molecule has 0 saturated heterocycles. The Morgan fingerprint density at radius 2 is 2.43 bits per heavy atom. The summed E-state index contributed by atoms with van der Waals surface area (Å²) in [5.41, 5.74) is 0.699. The van der Waals surface area contributed by atoms with Crippen molar-refractivity contribution in [1.82, 2.24) is 9.19 Å². The molecule has 0 amide bonds. The second-order valence-electron chi connectivity index (χ2n) is 2.65. The van der Waals surface area contributed by atoms with Gasteiger partial charge in [0.25, 0.3) is 0 Å². The number of nitrogens with zero attached hydrogens (tertiary/aromatic N) is 3. The molecule has 0 atom stereocenters. The third-order valence-corrected chi connectivity index (χ3v) is 2.55. The van der Waals surface area contributed by atoms with E-state index < -0.39 is 0 Å². The first-order chi connectivity index (χ1) is 6.81. The van der Waals surface area contributed by atoms with Crippen molar-refractivity contribution in [3.8, 4) is 6.07 Å². The molecule has 0 saturated carbocycles. The van der Waals surface area contributed by atoms with Crippen molar-refractivity contribution in [2.24, 2.45) is 0 Å². The van der Waals surface area contributed by atoms with Crippen LogP contribution in [0, 0.1) is 17.1 Å². The van der Waals surface area contributed by atoms with Crippen molar-refractivity contribution in [1.29, 1.82) is 5.26 Å². The lowest BCUT2D eigenvalue weighted by Crippen LogP contribution is -1.90. The highest BCUT2D eigenvalue weighted by Gasteiger charge is 2.03. The van der Waals surface area contributed by atoms with E-state index in [4.69, 9.17) is 5.26 Å². The van der Waals surface area contributed by atoms with Crippen LogP contribution in [0.2, 0.25) is 0 Å². The number of hydrogen-bond acceptors (Lipinski definition) is 3. The molecule has 3 nitrogen and oxygen atoms in total. The summed E-state index contributed by atoms with van der Waals surface area (Å²) in [5, 5.41) is 13.3. The first-order valence-electron chi connectivity index (χ1n) is 3.95. The summed E-state index contributed by atoms with van der Waals surface area (Å²) in [6.45, 7) is 0. The van der Waals surface area contributed by atoms with Gasteiger partial charge in [-0.25, -0.2) is 8.48 Å². The van der Waals surface area contributed by atoms with E-state index in [1.807, 2.05) is 6.07 Å². The molecule has 0 aliphatic heterocycles. The van der Waals surface area contributed by atoms with Crippen molar-refractivity contribution >= 4 is 22.9 Å². The minimum absolute atomic E-state index is 0.295. The van der Waals surface area contributed by atoms with Crippen molar-refractivity contribution in [2.75, 3.05) is 5.75 Å². The molecule has 0 N–H and O–H groups in total. The van der Waals surface area contributed by atoms with Crippen LogP contribution < -0.4 is 0 Å². The lowest BCUT2D eigenvalue weighted by atomic mass is 10.2. The van der Waals surface area contributed by atoms with Gasteiger partial charge in [-0.2, -0.15) is 10.4 Å². The first-order valence-corrected chi connectivity index (χ1v) is 4.89. The van der Waals surface area contributed by atoms with E-state index in [9.17, 15) is 4.39 Å². The van der Waals surface area contributed by atoms with Crippen LogP contribution in [-0.2, 0) is 0 Å². The monoisotopic (exact) mass is 207 g/mol. The highest BCUT2D eigenvalue weighted by molar-refractivity contribution is 7.98.